The molecule has 0 spiro atoms. The van der Waals surface area contributed by atoms with Gasteiger partial charge in [0.2, 0.25) is 0 Å². The Labute approximate surface area is 124 Å². The standard InChI is InChI=1S/C16H21F2N3/c1-4-19-16(6-5-12-9-20-21(3)10-12)13-7-11(2)14(17)8-15(13)18/h7-10,16,19H,4-6H2,1-3H3. The molecule has 0 aliphatic carbocycles. The number of benzene rings is 1. The molecule has 0 amide bonds. The van der Waals surface area contributed by atoms with Crippen LogP contribution >= 0.6 is 0 Å². The van der Waals surface area contributed by atoms with Crippen LogP contribution < -0.4 is 5.32 Å². The first-order chi connectivity index (χ1) is 10.0. The van der Waals surface area contributed by atoms with Crippen molar-refractivity contribution in [1.82, 2.24) is 15.1 Å². The number of hydrogen-bond donors (Lipinski definition) is 1. The highest BCUT2D eigenvalue weighted by atomic mass is 19.1. The summed E-state index contributed by atoms with van der Waals surface area (Å²) in [7, 11) is 1.87. The number of halogens is 2. The second-order valence-electron chi connectivity index (χ2n) is 5.29. The summed E-state index contributed by atoms with van der Waals surface area (Å²) >= 11 is 0. The Kier molecular flexibility index (Phi) is 5.07. The highest BCUT2D eigenvalue weighted by molar-refractivity contribution is 5.28. The minimum Gasteiger partial charge on any atom is -0.310 e. The van der Waals surface area contributed by atoms with Crippen LogP contribution in [0.5, 0.6) is 0 Å². The Bertz CT molecular complexity index is 608. The minimum atomic E-state index is -0.501. The fourth-order valence-corrected chi connectivity index (χ4v) is 2.47. The molecule has 1 atom stereocenters. The lowest BCUT2D eigenvalue weighted by molar-refractivity contribution is 0.479. The summed E-state index contributed by atoms with van der Waals surface area (Å²) in [4.78, 5) is 0. The molecular weight excluding hydrogens is 272 g/mol. The average Bonchev–Trinajstić information content (AvgIpc) is 2.85. The van der Waals surface area contributed by atoms with Gasteiger partial charge in [-0.3, -0.25) is 4.68 Å². The molecule has 114 valence electrons. The van der Waals surface area contributed by atoms with Crippen LogP contribution in [-0.2, 0) is 13.5 Å². The van der Waals surface area contributed by atoms with E-state index in [9.17, 15) is 8.78 Å². The summed E-state index contributed by atoms with van der Waals surface area (Å²) in [6, 6.07) is 2.44. The van der Waals surface area contributed by atoms with Crippen LogP contribution in [0.3, 0.4) is 0 Å². The van der Waals surface area contributed by atoms with E-state index in [-0.39, 0.29) is 6.04 Å². The van der Waals surface area contributed by atoms with E-state index >= 15 is 0 Å². The van der Waals surface area contributed by atoms with E-state index in [2.05, 4.69) is 10.4 Å². The normalized spacial score (nSPS) is 12.6. The van der Waals surface area contributed by atoms with Crippen molar-refractivity contribution in [2.45, 2.75) is 32.7 Å². The lowest BCUT2D eigenvalue weighted by Gasteiger charge is -2.19. The van der Waals surface area contributed by atoms with E-state index in [1.807, 2.05) is 26.4 Å². The molecule has 0 bridgehead atoms. The van der Waals surface area contributed by atoms with Gasteiger partial charge in [0.05, 0.1) is 6.20 Å². The number of hydrogen-bond acceptors (Lipinski definition) is 2. The van der Waals surface area contributed by atoms with Gasteiger partial charge in [0.1, 0.15) is 11.6 Å². The first-order valence-corrected chi connectivity index (χ1v) is 7.17. The van der Waals surface area contributed by atoms with Crippen molar-refractivity contribution in [3.05, 3.63) is 52.9 Å². The minimum absolute atomic E-state index is 0.130. The van der Waals surface area contributed by atoms with Crippen LogP contribution in [0, 0.1) is 18.6 Å². The van der Waals surface area contributed by atoms with Crippen molar-refractivity contribution < 1.29 is 8.78 Å². The molecule has 1 heterocycles. The van der Waals surface area contributed by atoms with Gasteiger partial charge in [0.15, 0.2) is 0 Å². The zero-order valence-corrected chi connectivity index (χ0v) is 12.7. The van der Waals surface area contributed by atoms with Gasteiger partial charge in [0.25, 0.3) is 0 Å². The molecule has 21 heavy (non-hydrogen) atoms. The topological polar surface area (TPSA) is 29.9 Å². The van der Waals surface area contributed by atoms with Crippen molar-refractivity contribution in [2.24, 2.45) is 7.05 Å². The molecule has 1 N–H and O–H groups in total. The second-order valence-corrected chi connectivity index (χ2v) is 5.29. The van der Waals surface area contributed by atoms with E-state index in [0.717, 1.165) is 31.0 Å². The summed E-state index contributed by atoms with van der Waals surface area (Å²) in [6.07, 6.45) is 5.30. The third-order valence-electron chi connectivity index (χ3n) is 3.58. The number of aryl methyl sites for hydroxylation is 3. The zero-order chi connectivity index (χ0) is 15.4. The van der Waals surface area contributed by atoms with Gasteiger partial charge in [-0.2, -0.15) is 5.10 Å². The molecule has 0 aliphatic rings. The van der Waals surface area contributed by atoms with E-state index in [1.165, 1.54) is 0 Å². The van der Waals surface area contributed by atoms with Crippen LogP contribution in [0.4, 0.5) is 8.78 Å². The molecule has 0 fully saturated rings. The fourth-order valence-electron chi connectivity index (χ4n) is 2.47. The largest absolute Gasteiger partial charge is 0.310 e. The molecule has 0 saturated heterocycles. The number of nitrogens with one attached hydrogen (secondary N) is 1. The van der Waals surface area contributed by atoms with Gasteiger partial charge in [-0.15, -0.1) is 0 Å². The van der Waals surface area contributed by atoms with E-state index in [4.69, 9.17) is 0 Å². The molecule has 3 nitrogen and oxygen atoms in total. The third kappa shape index (κ3) is 3.88. The summed E-state index contributed by atoms with van der Waals surface area (Å²) < 4.78 is 29.2. The summed E-state index contributed by atoms with van der Waals surface area (Å²) in [5.74, 6) is -0.992. The first-order valence-electron chi connectivity index (χ1n) is 7.17. The molecule has 5 heteroatoms. The SMILES string of the molecule is CCNC(CCc1cnn(C)c1)c1cc(C)c(F)cc1F. The maximum Gasteiger partial charge on any atom is 0.130 e. The molecule has 0 aliphatic heterocycles. The number of rotatable bonds is 6. The highest BCUT2D eigenvalue weighted by Gasteiger charge is 2.17. The molecule has 2 aromatic rings. The van der Waals surface area contributed by atoms with Crippen molar-refractivity contribution in [3.63, 3.8) is 0 Å². The van der Waals surface area contributed by atoms with E-state index in [1.54, 1.807) is 17.7 Å². The van der Waals surface area contributed by atoms with Crippen LogP contribution in [-0.4, -0.2) is 16.3 Å². The molecule has 1 aromatic heterocycles. The molecule has 1 unspecified atom stereocenters. The maximum atomic E-state index is 14.0. The molecule has 1 aromatic carbocycles. The lowest BCUT2D eigenvalue weighted by atomic mass is 9.97. The summed E-state index contributed by atoms with van der Waals surface area (Å²) in [6.45, 7) is 4.36. The smallest absolute Gasteiger partial charge is 0.130 e. The first kappa shape index (κ1) is 15.6. The van der Waals surface area contributed by atoms with Crippen molar-refractivity contribution >= 4 is 0 Å². The van der Waals surface area contributed by atoms with Crippen molar-refractivity contribution in [3.8, 4) is 0 Å². The molecule has 0 radical (unpaired) electrons. The quantitative estimate of drug-likeness (QED) is 0.885. The lowest BCUT2D eigenvalue weighted by Crippen LogP contribution is -2.22. The van der Waals surface area contributed by atoms with E-state index < -0.39 is 11.6 Å². The molecule has 2 rings (SSSR count). The Balaban J connectivity index is 2.16. The Morgan fingerprint density at radius 2 is 2.05 bits per heavy atom. The third-order valence-corrected chi connectivity index (χ3v) is 3.58. The van der Waals surface area contributed by atoms with Crippen molar-refractivity contribution in [2.75, 3.05) is 6.54 Å². The monoisotopic (exact) mass is 293 g/mol. The predicted molar refractivity (Wildman–Crippen MR) is 79.0 cm³/mol. The predicted octanol–water partition coefficient (Wildman–Crippen LogP) is 3.29. The number of nitrogens with zero attached hydrogens (tertiary/aromatic N) is 2. The zero-order valence-electron chi connectivity index (χ0n) is 12.7. The van der Waals surface area contributed by atoms with Gasteiger partial charge < -0.3 is 5.32 Å². The van der Waals surface area contributed by atoms with Gasteiger partial charge in [0, 0.05) is 30.9 Å². The van der Waals surface area contributed by atoms with Gasteiger partial charge in [-0.05, 0) is 43.5 Å². The summed E-state index contributed by atoms with van der Waals surface area (Å²) in [5, 5.41) is 7.40. The van der Waals surface area contributed by atoms with Crippen molar-refractivity contribution in [1.29, 1.82) is 0 Å². The summed E-state index contributed by atoms with van der Waals surface area (Å²) in [5.41, 5.74) is 2.11. The van der Waals surface area contributed by atoms with Crippen LogP contribution in [0.2, 0.25) is 0 Å². The Hall–Kier alpha value is -1.75. The van der Waals surface area contributed by atoms with Crippen LogP contribution in [0.1, 0.15) is 36.1 Å². The van der Waals surface area contributed by atoms with E-state index in [0.29, 0.717) is 11.1 Å². The van der Waals surface area contributed by atoms with Gasteiger partial charge in [-0.1, -0.05) is 6.92 Å². The van der Waals surface area contributed by atoms with Crippen LogP contribution in [0.25, 0.3) is 0 Å². The fraction of sp³-hybridized carbons (Fsp3) is 0.438. The Morgan fingerprint density at radius 3 is 2.67 bits per heavy atom. The number of aromatic nitrogens is 2. The molecule has 0 saturated carbocycles. The molecular formula is C16H21F2N3. The van der Waals surface area contributed by atoms with Crippen LogP contribution in [0.15, 0.2) is 24.5 Å². The average molecular weight is 293 g/mol. The Morgan fingerprint density at radius 1 is 1.29 bits per heavy atom. The maximum absolute atomic E-state index is 14.0. The second kappa shape index (κ2) is 6.80. The van der Waals surface area contributed by atoms with Gasteiger partial charge in [-0.25, -0.2) is 8.78 Å². The van der Waals surface area contributed by atoms with Gasteiger partial charge >= 0.3 is 0 Å². The highest BCUT2D eigenvalue weighted by Crippen LogP contribution is 2.24.